The third-order valence-corrected chi connectivity index (χ3v) is 5.19. The molecule has 2 aromatic carbocycles. The lowest BCUT2D eigenvalue weighted by Gasteiger charge is -2.39. The van der Waals surface area contributed by atoms with Crippen molar-refractivity contribution in [2.75, 3.05) is 25.7 Å². The largest absolute Gasteiger partial charge is 0.497 e. The summed E-state index contributed by atoms with van der Waals surface area (Å²) in [6.07, 6.45) is -0.358. The number of carbonyl (C=O) groups is 2. The van der Waals surface area contributed by atoms with Crippen LogP contribution in [0, 0.1) is 0 Å². The number of benzene rings is 2. The molecule has 2 aromatic rings. The molecule has 1 saturated heterocycles. The standard InChI is InChI=1S/C24H30N2O5/c1-24(2,3)31-23(28)25-21-14-22(27)26(17-8-12-19(30-5)13-9-17)15-20(21)16-6-10-18(29-4)11-7-16/h6-13,20-21H,14-15H2,1-5H3,(H,25,28)/t20?,21-/m1/s1. The number of rotatable bonds is 5. The van der Waals surface area contributed by atoms with E-state index in [1.54, 1.807) is 19.1 Å². The highest BCUT2D eigenvalue weighted by Gasteiger charge is 2.37. The van der Waals surface area contributed by atoms with Crippen molar-refractivity contribution in [2.24, 2.45) is 0 Å². The van der Waals surface area contributed by atoms with Crippen LogP contribution in [-0.2, 0) is 9.53 Å². The predicted molar refractivity (Wildman–Crippen MR) is 119 cm³/mol. The minimum absolute atomic E-state index is 0.0593. The van der Waals surface area contributed by atoms with Crippen LogP contribution in [0.2, 0.25) is 0 Å². The highest BCUT2D eigenvalue weighted by Crippen LogP contribution is 2.33. The Morgan fingerprint density at radius 2 is 1.52 bits per heavy atom. The highest BCUT2D eigenvalue weighted by molar-refractivity contribution is 5.95. The number of alkyl carbamates (subject to hydrolysis) is 1. The molecule has 0 spiro atoms. The van der Waals surface area contributed by atoms with Gasteiger partial charge in [-0.25, -0.2) is 4.79 Å². The molecule has 1 fully saturated rings. The van der Waals surface area contributed by atoms with E-state index in [1.807, 2.05) is 69.3 Å². The molecule has 1 N–H and O–H groups in total. The van der Waals surface area contributed by atoms with Crippen molar-refractivity contribution in [1.82, 2.24) is 5.32 Å². The van der Waals surface area contributed by atoms with E-state index < -0.39 is 11.7 Å². The number of piperidine rings is 1. The summed E-state index contributed by atoms with van der Waals surface area (Å²) >= 11 is 0. The van der Waals surface area contributed by atoms with Crippen molar-refractivity contribution < 1.29 is 23.8 Å². The van der Waals surface area contributed by atoms with E-state index in [4.69, 9.17) is 14.2 Å². The van der Waals surface area contributed by atoms with Crippen molar-refractivity contribution in [3.8, 4) is 11.5 Å². The summed E-state index contributed by atoms with van der Waals surface area (Å²) in [5.41, 5.74) is 1.18. The lowest BCUT2D eigenvalue weighted by Crippen LogP contribution is -2.53. The van der Waals surface area contributed by atoms with Crippen LogP contribution < -0.4 is 19.7 Å². The fourth-order valence-electron chi connectivity index (χ4n) is 3.68. The van der Waals surface area contributed by atoms with E-state index >= 15 is 0 Å². The van der Waals surface area contributed by atoms with Crippen molar-refractivity contribution in [1.29, 1.82) is 0 Å². The molecule has 0 aliphatic carbocycles. The Bertz CT molecular complexity index is 903. The van der Waals surface area contributed by atoms with E-state index in [9.17, 15) is 9.59 Å². The second kappa shape index (κ2) is 9.29. The molecule has 2 atom stereocenters. The Hall–Kier alpha value is -3.22. The zero-order chi connectivity index (χ0) is 22.6. The number of nitrogens with zero attached hydrogens (tertiary/aromatic N) is 1. The van der Waals surface area contributed by atoms with Gasteiger partial charge in [0.2, 0.25) is 5.91 Å². The molecule has 1 heterocycles. The maximum absolute atomic E-state index is 13.0. The number of ether oxygens (including phenoxy) is 3. The zero-order valence-electron chi connectivity index (χ0n) is 18.7. The third-order valence-electron chi connectivity index (χ3n) is 5.19. The first-order valence-electron chi connectivity index (χ1n) is 10.3. The van der Waals surface area contributed by atoms with E-state index in [0.29, 0.717) is 6.54 Å². The molecule has 0 radical (unpaired) electrons. The first-order valence-corrected chi connectivity index (χ1v) is 10.3. The zero-order valence-corrected chi connectivity index (χ0v) is 18.7. The molecule has 7 heteroatoms. The van der Waals surface area contributed by atoms with Gasteiger partial charge in [0.25, 0.3) is 0 Å². The van der Waals surface area contributed by atoms with Gasteiger partial charge in [-0.3, -0.25) is 4.79 Å². The summed E-state index contributed by atoms with van der Waals surface area (Å²) in [4.78, 5) is 27.2. The molecule has 0 bridgehead atoms. The molecule has 2 amide bonds. The number of amides is 2. The van der Waals surface area contributed by atoms with Crippen LogP contribution in [0.1, 0.15) is 38.7 Å². The average molecular weight is 427 g/mol. The van der Waals surface area contributed by atoms with E-state index in [2.05, 4.69) is 5.32 Å². The molecule has 3 rings (SSSR count). The molecule has 31 heavy (non-hydrogen) atoms. The van der Waals surface area contributed by atoms with Gasteiger partial charge in [-0.15, -0.1) is 0 Å². The lowest BCUT2D eigenvalue weighted by atomic mass is 9.85. The maximum Gasteiger partial charge on any atom is 0.407 e. The van der Waals surface area contributed by atoms with E-state index in [-0.39, 0.29) is 24.3 Å². The highest BCUT2D eigenvalue weighted by atomic mass is 16.6. The van der Waals surface area contributed by atoms with Gasteiger partial charge in [0.1, 0.15) is 17.1 Å². The monoisotopic (exact) mass is 426 g/mol. The number of anilines is 1. The molecule has 166 valence electrons. The molecule has 1 aliphatic heterocycles. The smallest absolute Gasteiger partial charge is 0.407 e. The average Bonchev–Trinajstić information content (AvgIpc) is 2.73. The maximum atomic E-state index is 13.0. The van der Waals surface area contributed by atoms with Gasteiger partial charge >= 0.3 is 6.09 Å². The predicted octanol–water partition coefficient (Wildman–Crippen LogP) is 4.12. The Morgan fingerprint density at radius 3 is 2.03 bits per heavy atom. The van der Waals surface area contributed by atoms with Crippen LogP contribution in [0.3, 0.4) is 0 Å². The van der Waals surface area contributed by atoms with E-state index in [1.165, 1.54) is 0 Å². The summed E-state index contributed by atoms with van der Waals surface area (Å²) in [6.45, 7) is 5.86. The number of methoxy groups -OCH3 is 2. The summed E-state index contributed by atoms with van der Waals surface area (Å²) in [5, 5.41) is 2.91. The number of hydrogen-bond donors (Lipinski definition) is 1. The molecular weight excluding hydrogens is 396 g/mol. The molecule has 0 aromatic heterocycles. The van der Waals surface area contributed by atoms with Crippen LogP contribution >= 0.6 is 0 Å². The van der Waals surface area contributed by atoms with Gasteiger partial charge in [-0.1, -0.05) is 12.1 Å². The summed E-state index contributed by atoms with van der Waals surface area (Å²) in [5.74, 6) is 1.30. The topological polar surface area (TPSA) is 77.1 Å². The number of hydrogen-bond acceptors (Lipinski definition) is 5. The SMILES string of the molecule is COc1ccc(C2CN(c3ccc(OC)cc3)C(=O)C[C@H]2NC(=O)OC(C)(C)C)cc1. The fourth-order valence-corrected chi connectivity index (χ4v) is 3.68. The Labute approximate surface area is 183 Å². The number of carbonyl (C=O) groups excluding carboxylic acids is 2. The summed E-state index contributed by atoms with van der Waals surface area (Å²) in [7, 11) is 3.22. The van der Waals surface area contributed by atoms with Crippen LogP contribution in [0.15, 0.2) is 48.5 Å². The van der Waals surface area contributed by atoms with Crippen LogP contribution in [0.25, 0.3) is 0 Å². The molecule has 0 saturated carbocycles. The van der Waals surface area contributed by atoms with E-state index in [0.717, 1.165) is 22.7 Å². The minimum Gasteiger partial charge on any atom is -0.497 e. The van der Waals surface area contributed by atoms with Crippen molar-refractivity contribution in [3.05, 3.63) is 54.1 Å². The van der Waals surface area contributed by atoms with Crippen molar-refractivity contribution in [2.45, 2.75) is 44.8 Å². The third kappa shape index (κ3) is 5.69. The normalized spacial score (nSPS) is 19.0. The van der Waals surface area contributed by atoms with Gasteiger partial charge in [0.05, 0.1) is 14.2 Å². The van der Waals surface area contributed by atoms with Gasteiger partial charge in [0, 0.05) is 30.6 Å². The van der Waals surface area contributed by atoms with Gasteiger partial charge in [-0.05, 0) is 62.7 Å². The van der Waals surface area contributed by atoms with Gasteiger partial charge < -0.3 is 24.4 Å². The minimum atomic E-state index is -0.618. The number of nitrogens with one attached hydrogen (secondary N) is 1. The second-order valence-electron chi connectivity index (χ2n) is 8.54. The van der Waals surface area contributed by atoms with Gasteiger partial charge in [-0.2, -0.15) is 0 Å². The molecule has 1 unspecified atom stereocenters. The van der Waals surface area contributed by atoms with Crippen LogP contribution in [0.5, 0.6) is 11.5 Å². The lowest BCUT2D eigenvalue weighted by molar-refractivity contribution is -0.120. The Kier molecular flexibility index (Phi) is 6.73. The summed E-state index contributed by atoms with van der Waals surface area (Å²) in [6, 6.07) is 14.7. The second-order valence-corrected chi connectivity index (χ2v) is 8.54. The van der Waals surface area contributed by atoms with Crippen molar-refractivity contribution >= 4 is 17.7 Å². The van der Waals surface area contributed by atoms with Crippen LogP contribution in [0.4, 0.5) is 10.5 Å². The molecular formula is C24H30N2O5. The quantitative estimate of drug-likeness (QED) is 0.778. The Balaban J connectivity index is 1.87. The first-order chi connectivity index (χ1) is 14.7. The van der Waals surface area contributed by atoms with Crippen LogP contribution in [-0.4, -0.2) is 44.4 Å². The van der Waals surface area contributed by atoms with Gasteiger partial charge in [0.15, 0.2) is 0 Å². The Morgan fingerprint density at radius 1 is 0.968 bits per heavy atom. The van der Waals surface area contributed by atoms with Crippen molar-refractivity contribution in [3.63, 3.8) is 0 Å². The fraction of sp³-hybridized carbons (Fsp3) is 0.417. The summed E-state index contributed by atoms with van der Waals surface area (Å²) < 4.78 is 15.9. The first kappa shape index (κ1) is 22.5. The molecule has 1 aliphatic rings. The molecule has 7 nitrogen and oxygen atoms in total.